The molecule has 0 aromatic carbocycles. The predicted molar refractivity (Wildman–Crippen MR) is 103 cm³/mol. The third-order valence-electron chi connectivity index (χ3n) is 5.64. The van der Waals surface area contributed by atoms with Crippen LogP contribution in [0.2, 0.25) is 0 Å². The summed E-state index contributed by atoms with van der Waals surface area (Å²) in [7, 11) is 0. The number of carbonyl (C=O) groups excluding carboxylic acids is 1. The molecule has 152 valence electrons. The Bertz CT molecular complexity index is 456. The first-order valence-electron chi connectivity index (χ1n) is 9.69. The molecule has 1 heterocycles. The molecule has 0 aromatic rings. The standard InChI is InChI=1S/C18H37N5O3/c1-3-18(12-20,23-15(24)5-4-6-16(25)26)14-7-9-21-13-17(2,11-19)22-10-8-14/h14,21-22H,3-13,19-20H2,1-2H3,(H,23,24)(H,25,26). The van der Waals surface area contributed by atoms with Crippen LogP contribution in [0.5, 0.6) is 0 Å². The number of hydrogen-bond donors (Lipinski definition) is 6. The van der Waals surface area contributed by atoms with Crippen LogP contribution in [-0.4, -0.2) is 60.8 Å². The summed E-state index contributed by atoms with van der Waals surface area (Å²) in [5.41, 5.74) is 11.4. The lowest BCUT2D eigenvalue weighted by Gasteiger charge is -2.40. The number of nitrogens with two attached hydrogens (primary N) is 2. The van der Waals surface area contributed by atoms with Crippen molar-refractivity contribution in [1.29, 1.82) is 0 Å². The van der Waals surface area contributed by atoms with E-state index in [0.717, 1.165) is 38.9 Å². The van der Waals surface area contributed by atoms with Gasteiger partial charge in [0.15, 0.2) is 0 Å². The van der Waals surface area contributed by atoms with Crippen LogP contribution >= 0.6 is 0 Å². The van der Waals surface area contributed by atoms with Gasteiger partial charge in [-0.3, -0.25) is 9.59 Å². The van der Waals surface area contributed by atoms with Crippen molar-refractivity contribution in [2.45, 2.75) is 63.5 Å². The number of carboxylic acid groups (broad SMARTS) is 1. The summed E-state index contributed by atoms with van der Waals surface area (Å²) in [5.74, 6) is -0.762. The van der Waals surface area contributed by atoms with E-state index in [0.29, 0.717) is 19.5 Å². The van der Waals surface area contributed by atoms with E-state index in [1.54, 1.807) is 0 Å². The molecular formula is C18H37N5O3. The Hall–Kier alpha value is -1.22. The molecule has 1 aliphatic rings. The van der Waals surface area contributed by atoms with Crippen LogP contribution in [0.15, 0.2) is 0 Å². The van der Waals surface area contributed by atoms with Crippen molar-refractivity contribution in [3.63, 3.8) is 0 Å². The topological polar surface area (TPSA) is 142 Å². The van der Waals surface area contributed by atoms with Gasteiger partial charge in [-0.15, -0.1) is 0 Å². The fourth-order valence-corrected chi connectivity index (χ4v) is 3.67. The lowest BCUT2D eigenvalue weighted by Crippen LogP contribution is -2.59. The SMILES string of the molecule is CCC(CN)(NC(=O)CCCC(=O)O)C1CCNCC(C)(CN)NCC1. The van der Waals surface area contributed by atoms with Gasteiger partial charge in [0.1, 0.15) is 0 Å². The van der Waals surface area contributed by atoms with E-state index in [1.165, 1.54) is 0 Å². The number of aliphatic carboxylic acids is 1. The largest absolute Gasteiger partial charge is 0.481 e. The van der Waals surface area contributed by atoms with E-state index in [9.17, 15) is 9.59 Å². The van der Waals surface area contributed by atoms with Crippen molar-refractivity contribution in [3.8, 4) is 0 Å². The van der Waals surface area contributed by atoms with E-state index in [1.807, 2.05) is 6.92 Å². The Morgan fingerprint density at radius 2 is 1.96 bits per heavy atom. The summed E-state index contributed by atoms with van der Waals surface area (Å²) in [5, 5.41) is 18.9. The molecule has 1 rings (SSSR count). The average molecular weight is 372 g/mol. The fourth-order valence-electron chi connectivity index (χ4n) is 3.67. The van der Waals surface area contributed by atoms with Gasteiger partial charge in [-0.1, -0.05) is 6.92 Å². The highest BCUT2D eigenvalue weighted by molar-refractivity contribution is 5.77. The van der Waals surface area contributed by atoms with Crippen LogP contribution in [-0.2, 0) is 9.59 Å². The van der Waals surface area contributed by atoms with Crippen LogP contribution in [0.3, 0.4) is 0 Å². The Kier molecular flexibility index (Phi) is 9.49. The molecule has 0 spiro atoms. The van der Waals surface area contributed by atoms with Gasteiger partial charge in [-0.05, 0) is 51.6 Å². The lowest BCUT2D eigenvalue weighted by atomic mass is 9.77. The molecule has 1 amide bonds. The zero-order valence-electron chi connectivity index (χ0n) is 16.3. The monoisotopic (exact) mass is 371 g/mol. The van der Waals surface area contributed by atoms with E-state index >= 15 is 0 Å². The van der Waals surface area contributed by atoms with E-state index in [2.05, 4.69) is 22.9 Å². The van der Waals surface area contributed by atoms with Gasteiger partial charge in [0.05, 0.1) is 5.54 Å². The maximum atomic E-state index is 12.4. The van der Waals surface area contributed by atoms with Crippen molar-refractivity contribution in [1.82, 2.24) is 16.0 Å². The quantitative estimate of drug-likeness (QED) is 0.329. The maximum absolute atomic E-state index is 12.4. The van der Waals surface area contributed by atoms with Gasteiger partial charge < -0.3 is 32.5 Å². The number of hydrogen-bond acceptors (Lipinski definition) is 6. The van der Waals surface area contributed by atoms with Crippen molar-refractivity contribution in [2.24, 2.45) is 17.4 Å². The van der Waals surface area contributed by atoms with Crippen LogP contribution in [0.1, 0.15) is 52.4 Å². The Morgan fingerprint density at radius 3 is 2.54 bits per heavy atom. The maximum Gasteiger partial charge on any atom is 0.303 e. The third kappa shape index (κ3) is 6.83. The molecule has 26 heavy (non-hydrogen) atoms. The van der Waals surface area contributed by atoms with Gasteiger partial charge >= 0.3 is 5.97 Å². The zero-order valence-corrected chi connectivity index (χ0v) is 16.3. The summed E-state index contributed by atoms with van der Waals surface area (Å²) < 4.78 is 0. The molecule has 1 aliphatic heterocycles. The molecule has 0 bridgehead atoms. The molecule has 3 unspecified atom stereocenters. The highest BCUT2D eigenvalue weighted by atomic mass is 16.4. The van der Waals surface area contributed by atoms with Gasteiger partial charge in [-0.2, -0.15) is 0 Å². The highest BCUT2D eigenvalue weighted by Crippen LogP contribution is 2.28. The normalized spacial score (nSPS) is 26.8. The first-order chi connectivity index (χ1) is 12.3. The number of nitrogens with one attached hydrogen (secondary N) is 3. The van der Waals surface area contributed by atoms with Crippen LogP contribution in [0.4, 0.5) is 0 Å². The van der Waals surface area contributed by atoms with Gasteiger partial charge in [-0.25, -0.2) is 0 Å². The van der Waals surface area contributed by atoms with E-state index < -0.39 is 11.5 Å². The average Bonchev–Trinajstić information content (AvgIpc) is 2.70. The first-order valence-corrected chi connectivity index (χ1v) is 9.69. The minimum Gasteiger partial charge on any atom is -0.481 e. The molecule has 0 saturated carbocycles. The summed E-state index contributed by atoms with van der Waals surface area (Å²) in [4.78, 5) is 23.0. The Balaban J connectivity index is 2.75. The van der Waals surface area contributed by atoms with Gasteiger partial charge in [0, 0.05) is 38.0 Å². The molecule has 8 heteroatoms. The number of rotatable bonds is 9. The molecule has 0 radical (unpaired) electrons. The molecule has 1 saturated heterocycles. The van der Waals surface area contributed by atoms with Crippen molar-refractivity contribution < 1.29 is 14.7 Å². The summed E-state index contributed by atoms with van der Waals surface area (Å²) in [6, 6.07) is 0. The molecule has 0 aliphatic carbocycles. The fraction of sp³-hybridized carbons (Fsp3) is 0.889. The highest BCUT2D eigenvalue weighted by Gasteiger charge is 2.37. The second kappa shape index (κ2) is 10.8. The third-order valence-corrected chi connectivity index (χ3v) is 5.64. The molecule has 8 N–H and O–H groups in total. The molecule has 0 aromatic heterocycles. The van der Waals surface area contributed by atoms with Gasteiger partial charge in [0.2, 0.25) is 5.91 Å². The second-order valence-electron chi connectivity index (χ2n) is 7.65. The smallest absolute Gasteiger partial charge is 0.303 e. The minimum atomic E-state index is -0.880. The Morgan fingerprint density at radius 1 is 1.27 bits per heavy atom. The van der Waals surface area contributed by atoms with Crippen molar-refractivity contribution in [3.05, 3.63) is 0 Å². The number of carbonyl (C=O) groups is 2. The van der Waals surface area contributed by atoms with Gasteiger partial charge in [0.25, 0.3) is 0 Å². The summed E-state index contributed by atoms with van der Waals surface area (Å²) in [6.45, 7) is 7.55. The van der Waals surface area contributed by atoms with Crippen LogP contribution in [0.25, 0.3) is 0 Å². The van der Waals surface area contributed by atoms with E-state index in [-0.39, 0.29) is 30.2 Å². The summed E-state index contributed by atoms with van der Waals surface area (Å²) >= 11 is 0. The first kappa shape index (κ1) is 22.8. The molecule has 8 nitrogen and oxygen atoms in total. The van der Waals surface area contributed by atoms with E-state index in [4.69, 9.17) is 16.6 Å². The number of carboxylic acids is 1. The second-order valence-corrected chi connectivity index (χ2v) is 7.65. The Labute approximate surface area is 156 Å². The van der Waals surface area contributed by atoms with Crippen molar-refractivity contribution >= 4 is 11.9 Å². The molecule has 1 fully saturated rings. The minimum absolute atomic E-state index is 0.00408. The number of amides is 1. The van der Waals surface area contributed by atoms with Crippen LogP contribution in [0, 0.1) is 5.92 Å². The van der Waals surface area contributed by atoms with Crippen LogP contribution < -0.4 is 27.4 Å². The molecular weight excluding hydrogens is 334 g/mol. The van der Waals surface area contributed by atoms with Crippen molar-refractivity contribution in [2.75, 3.05) is 32.7 Å². The lowest BCUT2D eigenvalue weighted by molar-refractivity contribution is -0.137. The zero-order chi connectivity index (χ0) is 19.6. The summed E-state index contributed by atoms with van der Waals surface area (Å²) in [6.07, 6.45) is 3.12. The predicted octanol–water partition coefficient (Wildman–Crippen LogP) is -0.228. The molecule has 3 atom stereocenters.